The van der Waals surface area contributed by atoms with Crippen LogP contribution in [-0.2, 0) is 7.05 Å². The molecule has 2 aromatic rings. The van der Waals surface area contributed by atoms with Crippen molar-refractivity contribution in [1.29, 1.82) is 0 Å². The molecule has 0 aliphatic rings. The topological polar surface area (TPSA) is 34.9 Å². The molecule has 0 aliphatic carbocycles. The van der Waals surface area contributed by atoms with Crippen molar-refractivity contribution in [2.45, 2.75) is 26.7 Å². The zero-order chi connectivity index (χ0) is 11.9. The summed E-state index contributed by atoms with van der Waals surface area (Å²) in [6.07, 6.45) is 0. The van der Waals surface area contributed by atoms with Gasteiger partial charge in [-0.3, -0.25) is 9.48 Å². The smallest absolute Gasteiger partial charge is 0.160 e. The summed E-state index contributed by atoms with van der Waals surface area (Å²) < 4.78 is 1.88. The van der Waals surface area contributed by atoms with Gasteiger partial charge in [0.25, 0.3) is 0 Å². The molecule has 0 aliphatic heterocycles. The van der Waals surface area contributed by atoms with E-state index < -0.39 is 0 Å². The van der Waals surface area contributed by atoms with Crippen LogP contribution in [-0.4, -0.2) is 15.6 Å². The molecule has 0 bridgehead atoms. The van der Waals surface area contributed by atoms with Crippen LogP contribution in [0.1, 0.15) is 42.7 Å². The van der Waals surface area contributed by atoms with E-state index in [1.807, 2.05) is 29.9 Å². The zero-order valence-corrected chi connectivity index (χ0v) is 10.1. The number of ketones is 1. The average Bonchev–Trinajstić information content (AvgIpc) is 2.52. The highest BCUT2D eigenvalue weighted by Gasteiger charge is 2.16. The Labute approximate surface area is 95.1 Å². The van der Waals surface area contributed by atoms with E-state index in [-0.39, 0.29) is 5.78 Å². The maximum absolute atomic E-state index is 11.6. The monoisotopic (exact) mass is 216 g/mol. The van der Waals surface area contributed by atoms with E-state index in [1.165, 1.54) is 0 Å². The number of aromatic nitrogens is 2. The van der Waals surface area contributed by atoms with E-state index in [1.54, 1.807) is 6.92 Å². The van der Waals surface area contributed by atoms with Crippen molar-refractivity contribution >= 4 is 16.7 Å². The number of rotatable bonds is 2. The molecule has 3 nitrogen and oxygen atoms in total. The molecule has 0 radical (unpaired) electrons. The Morgan fingerprint density at radius 2 is 2.06 bits per heavy atom. The number of hydrogen-bond acceptors (Lipinski definition) is 2. The minimum atomic E-state index is 0.0977. The molecule has 0 unspecified atom stereocenters. The predicted molar refractivity (Wildman–Crippen MR) is 64.8 cm³/mol. The Bertz CT molecular complexity index is 552. The Kier molecular flexibility index (Phi) is 2.54. The first kappa shape index (κ1) is 10.9. The van der Waals surface area contributed by atoms with Gasteiger partial charge in [-0.25, -0.2) is 0 Å². The third kappa shape index (κ3) is 1.52. The number of carbonyl (C=O) groups excluding carboxylic acids is 1. The lowest BCUT2D eigenvalue weighted by molar-refractivity contribution is 0.101. The van der Waals surface area contributed by atoms with Crippen LogP contribution >= 0.6 is 0 Å². The fraction of sp³-hybridized carbons (Fsp3) is 0.385. The van der Waals surface area contributed by atoms with Crippen LogP contribution in [0.4, 0.5) is 0 Å². The molecule has 3 heteroatoms. The molecule has 1 heterocycles. The molecule has 0 atom stereocenters. The fourth-order valence-electron chi connectivity index (χ4n) is 2.23. The number of fused-ring (bicyclic) bond motifs is 1. The highest BCUT2D eigenvalue weighted by molar-refractivity contribution is 6.07. The molecule has 0 fully saturated rings. The molecular weight excluding hydrogens is 200 g/mol. The van der Waals surface area contributed by atoms with E-state index >= 15 is 0 Å². The van der Waals surface area contributed by atoms with Gasteiger partial charge in [-0.1, -0.05) is 26.0 Å². The van der Waals surface area contributed by atoms with E-state index in [4.69, 9.17) is 0 Å². The zero-order valence-electron chi connectivity index (χ0n) is 10.1. The van der Waals surface area contributed by atoms with Gasteiger partial charge in [0.1, 0.15) is 0 Å². The summed E-state index contributed by atoms with van der Waals surface area (Å²) in [6.45, 7) is 5.84. The summed E-state index contributed by atoms with van der Waals surface area (Å²) in [4.78, 5) is 11.6. The third-order valence-electron chi connectivity index (χ3n) is 2.83. The number of aryl methyl sites for hydroxylation is 1. The summed E-state index contributed by atoms with van der Waals surface area (Å²) in [6, 6.07) is 5.71. The number of hydrogen-bond donors (Lipinski definition) is 0. The van der Waals surface area contributed by atoms with Crippen molar-refractivity contribution in [2.75, 3.05) is 0 Å². The van der Waals surface area contributed by atoms with Gasteiger partial charge in [-0.15, -0.1) is 0 Å². The average molecular weight is 216 g/mol. The van der Waals surface area contributed by atoms with Crippen LogP contribution in [0.25, 0.3) is 10.9 Å². The number of Topliss-reactive ketones (excluding diaryl/α,β-unsaturated/α-hetero) is 1. The minimum Gasteiger partial charge on any atom is -0.294 e. The second kappa shape index (κ2) is 3.74. The lowest BCUT2D eigenvalue weighted by atomic mass is 9.99. The van der Waals surface area contributed by atoms with Crippen molar-refractivity contribution in [3.63, 3.8) is 0 Å². The van der Waals surface area contributed by atoms with Gasteiger partial charge >= 0.3 is 0 Å². The van der Waals surface area contributed by atoms with Crippen LogP contribution in [0.15, 0.2) is 18.2 Å². The van der Waals surface area contributed by atoms with Crippen molar-refractivity contribution in [2.24, 2.45) is 7.05 Å². The molecular formula is C13H16N2O. The van der Waals surface area contributed by atoms with Gasteiger partial charge in [0, 0.05) is 23.7 Å². The first-order valence-corrected chi connectivity index (χ1v) is 5.49. The van der Waals surface area contributed by atoms with E-state index in [9.17, 15) is 4.79 Å². The van der Waals surface area contributed by atoms with Crippen molar-refractivity contribution in [1.82, 2.24) is 9.78 Å². The molecule has 16 heavy (non-hydrogen) atoms. The second-order valence-corrected chi connectivity index (χ2v) is 4.42. The number of benzene rings is 1. The lowest BCUT2D eigenvalue weighted by Gasteiger charge is -2.07. The molecule has 84 valence electrons. The van der Waals surface area contributed by atoms with Crippen LogP contribution in [0.5, 0.6) is 0 Å². The molecule has 0 spiro atoms. The molecule has 1 aromatic heterocycles. The summed E-state index contributed by atoms with van der Waals surface area (Å²) in [5, 5.41) is 5.45. The summed E-state index contributed by atoms with van der Waals surface area (Å²) in [5.41, 5.74) is 2.80. The third-order valence-corrected chi connectivity index (χ3v) is 2.83. The summed E-state index contributed by atoms with van der Waals surface area (Å²) in [7, 11) is 1.93. The van der Waals surface area contributed by atoms with E-state index in [0.717, 1.165) is 22.2 Å². The molecule has 0 saturated heterocycles. The minimum absolute atomic E-state index is 0.0977. The van der Waals surface area contributed by atoms with E-state index in [2.05, 4.69) is 18.9 Å². The highest BCUT2D eigenvalue weighted by Crippen LogP contribution is 2.28. The fourth-order valence-corrected chi connectivity index (χ4v) is 2.23. The second-order valence-electron chi connectivity index (χ2n) is 4.42. The van der Waals surface area contributed by atoms with Crippen molar-refractivity contribution in [3.8, 4) is 0 Å². The normalized spacial score (nSPS) is 11.3. The molecule has 1 aromatic carbocycles. The Balaban J connectivity index is 2.88. The van der Waals surface area contributed by atoms with Gasteiger partial charge in [-0.05, 0) is 18.9 Å². The van der Waals surface area contributed by atoms with Gasteiger partial charge in [-0.2, -0.15) is 5.10 Å². The largest absolute Gasteiger partial charge is 0.294 e. The lowest BCUT2D eigenvalue weighted by Crippen LogP contribution is -2.01. The molecule has 0 amide bonds. The Morgan fingerprint density at radius 3 is 2.62 bits per heavy atom. The van der Waals surface area contributed by atoms with Crippen molar-refractivity contribution in [3.05, 3.63) is 29.5 Å². The SMILES string of the molecule is CC(=O)c1cccc2nn(C)c(C(C)C)c12. The Morgan fingerprint density at radius 1 is 1.38 bits per heavy atom. The number of nitrogens with zero attached hydrogens (tertiary/aromatic N) is 2. The Hall–Kier alpha value is -1.64. The molecule has 0 saturated carbocycles. The maximum atomic E-state index is 11.6. The predicted octanol–water partition coefficient (Wildman–Crippen LogP) is 2.90. The maximum Gasteiger partial charge on any atom is 0.160 e. The highest BCUT2D eigenvalue weighted by atomic mass is 16.1. The standard InChI is InChI=1S/C13H16N2O/c1-8(2)13-12-10(9(3)16)6-5-7-11(12)14-15(13)4/h5-8H,1-4H3. The van der Waals surface area contributed by atoms with Crippen LogP contribution in [0.2, 0.25) is 0 Å². The van der Waals surface area contributed by atoms with Crippen LogP contribution < -0.4 is 0 Å². The molecule has 0 N–H and O–H groups in total. The van der Waals surface area contributed by atoms with Crippen molar-refractivity contribution < 1.29 is 4.79 Å². The summed E-state index contributed by atoms with van der Waals surface area (Å²) in [5.74, 6) is 0.455. The molecule has 2 rings (SSSR count). The quantitative estimate of drug-likeness (QED) is 0.723. The van der Waals surface area contributed by atoms with Gasteiger partial charge in [0.05, 0.1) is 5.52 Å². The van der Waals surface area contributed by atoms with Crippen LogP contribution in [0.3, 0.4) is 0 Å². The van der Waals surface area contributed by atoms with E-state index in [0.29, 0.717) is 5.92 Å². The number of carbonyl (C=O) groups is 1. The van der Waals surface area contributed by atoms with Gasteiger partial charge in [0.2, 0.25) is 0 Å². The first-order valence-electron chi connectivity index (χ1n) is 5.49. The van der Waals surface area contributed by atoms with Gasteiger partial charge < -0.3 is 0 Å². The summed E-state index contributed by atoms with van der Waals surface area (Å²) >= 11 is 0. The van der Waals surface area contributed by atoms with Gasteiger partial charge in [0.15, 0.2) is 5.78 Å². The van der Waals surface area contributed by atoms with Crippen LogP contribution in [0, 0.1) is 0 Å². The first-order chi connectivity index (χ1) is 7.52.